The number of carboxylic acid groups (broad SMARTS) is 1. The number of carbonyl (C=O) groups is 1. The van der Waals surface area contributed by atoms with Crippen molar-refractivity contribution in [3.05, 3.63) is 66.4 Å². The van der Waals surface area contributed by atoms with Crippen molar-refractivity contribution in [2.24, 2.45) is 0 Å². The number of para-hydroxylation sites is 1. The molecule has 3 rings (SSSR count). The van der Waals surface area contributed by atoms with Crippen LogP contribution >= 0.6 is 0 Å². The summed E-state index contributed by atoms with van der Waals surface area (Å²) in [6.07, 6.45) is 3.07. The molecule has 5 N–H and O–H groups in total. The zero-order chi connectivity index (χ0) is 19.1. The van der Waals surface area contributed by atoms with E-state index in [0.717, 1.165) is 29.4 Å². The van der Waals surface area contributed by atoms with Crippen LogP contribution in [0.5, 0.6) is 0 Å². The molecule has 0 saturated carbocycles. The molecule has 0 fully saturated rings. The molecule has 0 unspecified atom stereocenters. The lowest BCUT2D eigenvalue weighted by Gasteiger charge is -2.22. The van der Waals surface area contributed by atoms with E-state index in [1.807, 2.05) is 42.5 Å². The third-order valence-corrected chi connectivity index (χ3v) is 4.55. The van der Waals surface area contributed by atoms with Gasteiger partial charge in [0.05, 0.1) is 23.1 Å². The quantitative estimate of drug-likeness (QED) is 0.486. The van der Waals surface area contributed by atoms with Gasteiger partial charge >= 0.3 is 6.09 Å². The average molecular weight is 364 g/mol. The number of nitrogens with two attached hydrogens (primary N) is 1. The van der Waals surface area contributed by atoms with E-state index in [9.17, 15) is 4.79 Å². The third-order valence-electron chi connectivity index (χ3n) is 4.55. The molecule has 1 atom stereocenters. The molecular formula is C21H24N4O2. The number of hydrogen-bond acceptors (Lipinski definition) is 4. The van der Waals surface area contributed by atoms with Crippen LogP contribution in [0.2, 0.25) is 0 Å². The first-order valence-corrected chi connectivity index (χ1v) is 9.04. The Morgan fingerprint density at radius 3 is 2.59 bits per heavy atom. The molecular weight excluding hydrogens is 340 g/mol. The van der Waals surface area contributed by atoms with E-state index in [1.165, 1.54) is 5.56 Å². The van der Waals surface area contributed by atoms with Gasteiger partial charge in [-0.05, 0) is 30.9 Å². The number of pyridine rings is 1. The van der Waals surface area contributed by atoms with Crippen molar-refractivity contribution in [1.82, 2.24) is 10.3 Å². The fraction of sp³-hybridized carbons (Fsp3) is 0.238. The van der Waals surface area contributed by atoms with Gasteiger partial charge in [-0.3, -0.25) is 4.98 Å². The van der Waals surface area contributed by atoms with Crippen LogP contribution in [-0.2, 0) is 6.42 Å². The van der Waals surface area contributed by atoms with Crippen molar-refractivity contribution in [3.63, 3.8) is 0 Å². The summed E-state index contributed by atoms with van der Waals surface area (Å²) in [6, 6.07) is 18.2. The number of aromatic nitrogens is 1. The summed E-state index contributed by atoms with van der Waals surface area (Å²) < 4.78 is 0. The second kappa shape index (κ2) is 8.89. The standard InChI is InChI=1S/C21H24N4O2/c22-18-14-24-19-9-5-4-8-17(19)20(18)25-16(12-13-23-21(26)27)11-10-15-6-2-1-3-7-15/h1-9,14,16,23H,10-13,22H2,(H,24,25)(H,26,27)/t16-/m0/s1. The molecule has 0 saturated heterocycles. The van der Waals surface area contributed by atoms with Crippen LogP contribution in [0.3, 0.4) is 0 Å². The van der Waals surface area contributed by atoms with E-state index in [-0.39, 0.29) is 6.04 Å². The van der Waals surface area contributed by atoms with E-state index in [2.05, 4.69) is 27.8 Å². The molecule has 0 aliphatic carbocycles. The number of hydrogen-bond donors (Lipinski definition) is 4. The Bertz CT molecular complexity index is 899. The summed E-state index contributed by atoms with van der Waals surface area (Å²) in [5.41, 5.74) is 9.76. The van der Waals surface area contributed by atoms with Crippen molar-refractivity contribution in [3.8, 4) is 0 Å². The maximum absolute atomic E-state index is 10.8. The van der Waals surface area contributed by atoms with Crippen LogP contribution in [0.1, 0.15) is 18.4 Å². The highest BCUT2D eigenvalue weighted by atomic mass is 16.4. The van der Waals surface area contributed by atoms with Gasteiger partial charge in [0.1, 0.15) is 0 Å². The van der Waals surface area contributed by atoms with Gasteiger partial charge in [-0.1, -0.05) is 48.5 Å². The van der Waals surface area contributed by atoms with Crippen molar-refractivity contribution in [2.75, 3.05) is 17.6 Å². The molecule has 2 aromatic carbocycles. The first-order chi connectivity index (χ1) is 13.1. The predicted octanol–water partition coefficient (Wildman–Crippen LogP) is 3.89. The number of amides is 1. The van der Waals surface area contributed by atoms with Gasteiger partial charge in [0, 0.05) is 18.0 Å². The van der Waals surface area contributed by atoms with Crippen molar-refractivity contribution < 1.29 is 9.90 Å². The van der Waals surface area contributed by atoms with Crippen molar-refractivity contribution in [1.29, 1.82) is 0 Å². The molecule has 27 heavy (non-hydrogen) atoms. The molecule has 1 aromatic heterocycles. The molecule has 6 nitrogen and oxygen atoms in total. The molecule has 0 radical (unpaired) electrons. The van der Waals surface area contributed by atoms with Crippen LogP contribution in [-0.4, -0.2) is 28.8 Å². The van der Waals surface area contributed by atoms with Crippen LogP contribution in [0.25, 0.3) is 10.9 Å². The van der Waals surface area contributed by atoms with Crippen LogP contribution in [0, 0.1) is 0 Å². The van der Waals surface area contributed by atoms with E-state index in [1.54, 1.807) is 6.20 Å². The van der Waals surface area contributed by atoms with Crippen LogP contribution in [0.4, 0.5) is 16.2 Å². The number of benzene rings is 2. The lowest BCUT2D eigenvalue weighted by atomic mass is 10.0. The number of aryl methyl sites for hydroxylation is 1. The molecule has 6 heteroatoms. The first-order valence-electron chi connectivity index (χ1n) is 9.04. The number of anilines is 2. The monoisotopic (exact) mass is 364 g/mol. The molecule has 0 aliphatic rings. The summed E-state index contributed by atoms with van der Waals surface area (Å²) in [4.78, 5) is 15.2. The number of rotatable bonds is 8. The second-order valence-electron chi connectivity index (χ2n) is 6.49. The molecule has 0 aliphatic heterocycles. The SMILES string of the molecule is Nc1cnc2ccccc2c1N[C@H](CCNC(=O)O)CCc1ccccc1. The highest BCUT2D eigenvalue weighted by Crippen LogP contribution is 2.29. The molecule has 0 spiro atoms. The summed E-state index contributed by atoms with van der Waals surface area (Å²) in [5.74, 6) is 0. The fourth-order valence-electron chi connectivity index (χ4n) is 3.15. The Kier molecular flexibility index (Phi) is 6.10. The van der Waals surface area contributed by atoms with Gasteiger partial charge in [-0.2, -0.15) is 0 Å². The first kappa shape index (κ1) is 18.5. The van der Waals surface area contributed by atoms with Crippen LogP contribution in [0.15, 0.2) is 60.8 Å². The summed E-state index contributed by atoms with van der Waals surface area (Å²) in [6.45, 7) is 0.380. The average Bonchev–Trinajstić information content (AvgIpc) is 2.68. The topological polar surface area (TPSA) is 100 Å². The summed E-state index contributed by atoms with van der Waals surface area (Å²) in [7, 11) is 0. The Labute approximate surface area is 158 Å². The number of nitrogens with one attached hydrogen (secondary N) is 2. The third kappa shape index (κ3) is 5.10. The fourth-order valence-corrected chi connectivity index (χ4v) is 3.15. The Morgan fingerprint density at radius 1 is 1.07 bits per heavy atom. The van der Waals surface area contributed by atoms with Gasteiger partial charge in [0.15, 0.2) is 0 Å². The zero-order valence-electron chi connectivity index (χ0n) is 15.1. The van der Waals surface area contributed by atoms with E-state index < -0.39 is 6.09 Å². The summed E-state index contributed by atoms with van der Waals surface area (Å²) in [5, 5.41) is 15.8. The highest BCUT2D eigenvalue weighted by Gasteiger charge is 2.14. The van der Waals surface area contributed by atoms with Gasteiger partial charge in [0.25, 0.3) is 0 Å². The van der Waals surface area contributed by atoms with Gasteiger partial charge in [-0.15, -0.1) is 0 Å². The maximum atomic E-state index is 10.8. The Balaban J connectivity index is 1.77. The zero-order valence-corrected chi connectivity index (χ0v) is 15.1. The van der Waals surface area contributed by atoms with Crippen molar-refractivity contribution in [2.45, 2.75) is 25.3 Å². The normalized spacial score (nSPS) is 11.9. The predicted molar refractivity (Wildman–Crippen MR) is 109 cm³/mol. The molecule has 0 bridgehead atoms. The highest BCUT2D eigenvalue weighted by molar-refractivity contribution is 5.96. The molecule has 140 valence electrons. The smallest absolute Gasteiger partial charge is 0.404 e. The van der Waals surface area contributed by atoms with E-state index in [0.29, 0.717) is 18.7 Å². The van der Waals surface area contributed by atoms with E-state index in [4.69, 9.17) is 10.8 Å². The summed E-state index contributed by atoms with van der Waals surface area (Å²) >= 11 is 0. The largest absolute Gasteiger partial charge is 0.465 e. The second-order valence-corrected chi connectivity index (χ2v) is 6.49. The van der Waals surface area contributed by atoms with Gasteiger partial charge in [0.2, 0.25) is 0 Å². The van der Waals surface area contributed by atoms with Crippen molar-refractivity contribution >= 4 is 28.4 Å². The Morgan fingerprint density at radius 2 is 1.81 bits per heavy atom. The lowest BCUT2D eigenvalue weighted by molar-refractivity contribution is 0.194. The van der Waals surface area contributed by atoms with Gasteiger partial charge in [-0.25, -0.2) is 4.79 Å². The molecule has 1 heterocycles. The van der Waals surface area contributed by atoms with Crippen LogP contribution < -0.4 is 16.4 Å². The Hall–Kier alpha value is -3.28. The number of nitrogen functional groups attached to an aromatic ring is 1. The number of nitrogens with zero attached hydrogens (tertiary/aromatic N) is 1. The molecule has 3 aromatic rings. The number of fused-ring (bicyclic) bond motifs is 1. The maximum Gasteiger partial charge on any atom is 0.404 e. The minimum Gasteiger partial charge on any atom is -0.465 e. The molecule has 1 amide bonds. The minimum atomic E-state index is -1.01. The lowest BCUT2D eigenvalue weighted by Crippen LogP contribution is -2.29. The minimum absolute atomic E-state index is 0.0742. The van der Waals surface area contributed by atoms with Gasteiger partial charge < -0.3 is 21.5 Å². The van der Waals surface area contributed by atoms with E-state index >= 15 is 0 Å².